The molecule has 0 saturated carbocycles. The van der Waals surface area contributed by atoms with Gasteiger partial charge < -0.3 is 10.0 Å². The fraction of sp³-hybridized carbons (Fsp3) is 0.125. The van der Waals surface area contributed by atoms with Gasteiger partial charge in [-0.1, -0.05) is 11.6 Å². The standard InChI is InChI=1S/C8H8BNO2/c1-6-2-7(5-10)4-8(3-6)9(11)12/h2-4,11-12H,1H3/i1D3. The summed E-state index contributed by atoms with van der Waals surface area (Å²) in [5.74, 6) is 0. The Labute approximate surface area is 75.2 Å². The van der Waals surface area contributed by atoms with Gasteiger partial charge in [-0.3, -0.25) is 0 Å². The molecular formula is C8H8BNO2. The highest BCUT2D eigenvalue weighted by molar-refractivity contribution is 6.58. The Hall–Kier alpha value is -1.31. The van der Waals surface area contributed by atoms with Gasteiger partial charge in [0.05, 0.1) is 11.6 Å². The Balaban J connectivity index is 3.32. The summed E-state index contributed by atoms with van der Waals surface area (Å²) in [5.41, 5.74) is 0.0107. The van der Waals surface area contributed by atoms with E-state index in [1.54, 1.807) is 6.07 Å². The molecule has 0 spiro atoms. The topological polar surface area (TPSA) is 64.2 Å². The first-order valence-corrected chi connectivity index (χ1v) is 3.26. The normalized spacial score (nSPS) is 13.9. The molecule has 0 saturated heterocycles. The van der Waals surface area contributed by atoms with E-state index in [0.717, 1.165) is 6.07 Å². The molecule has 0 atom stereocenters. The summed E-state index contributed by atoms with van der Waals surface area (Å²) < 4.78 is 21.4. The predicted octanol–water partition coefficient (Wildman–Crippen LogP) is -0.454. The van der Waals surface area contributed by atoms with Gasteiger partial charge in [0.2, 0.25) is 0 Å². The molecule has 0 fully saturated rings. The van der Waals surface area contributed by atoms with E-state index >= 15 is 0 Å². The lowest BCUT2D eigenvalue weighted by Crippen LogP contribution is -2.30. The smallest absolute Gasteiger partial charge is 0.423 e. The number of nitrogens with zero attached hydrogens (tertiary/aromatic N) is 1. The van der Waals surface area contributed by atoms with E-state index in [4.69, 9.17) is 19.4 Å². The second-order valence-electron chi connectivity index (χ2n) is 2.33. The van der Waals surface area contributed by atoms with Crippen molar-refractivity contribution in [3.05, 3.63) is 29.3 Å². The monoisotopic (exact) mass is 164 g/mol. The molecule has 0 aliphatic carbocycles. The molecule has 0 amide bonds. The Kier molecular flexibility index (Phi) is 1.52. The Morgan fingerprint density at radius 1 is 1.50 bits per heavy atom. The molecule has 0 bridgehead atoms. The molecule has 0 aliphatic heterocycles. The largest absolute Gasteiger partial charge is 0.488 e. The minimum absolute atomic E-state index is 0.000162. The summed E-state index contributed by atoms with van der Waals surface area (Å²) in [6.07, 6.45) is 0. The molecule has 0 heterocycles. The van der Waals surface area contributed by atoms with Gasteiger partial charge in [-0.15, -0.1) is 0 Å². The third-order valence-corrected chi connectivity index (χ3v) is 1.38. The second kappa shape index (κ2) is 3.39. The average molecular weight is 164 g/mol. The fourth-order valence-corrected chi connectivity index (χ4v) is 0.865. The third-order valence-electron chi connectivity index (χ3n) is 1.38. The Morgan fingerprint density at radius 3 is 2.75 bits per heavy atom. The minimum Gasteiger partial charge on any atom is -0.423 e. The summed E-state index contributed by atoms with van der Waals surface area (Å²) >= 11 is 0. The van der Waals surface area contributed by atoms with Crippen molar-refractivity contribution in [2.24, 2.45) is 0 Å². The molecule has 0 unspecified atom stereocenters. The highest BCUT2D eigenvalue weighted by Crippen LogP contribution is 2.00. The maximum atomic E-state index is 8.90. The fourth-order valence-electron chi connectivity index (χ4n) is 0.865. The van der Waals surface area contributed by atoms with Crippen molar-refractivity contribution in [2.75, 3.05) is 0 Å². The van der Waals surface area contributed by atoms with Crippen LogP contribution in [-0.2, 0) is 0 Å². The predicted molar refractivity (Wildman–Crippen MR) is 45.7 cm³/mol. The van der Waals surface area contributed by atoms with Crippen LogP contribution in [0.25, 0.3) is 0 Å². The molecule has 60 valence electrons. The van der Waals surface area contributed by atoms with Crippen molar-refractivity contribution in [1.82, 2.24) is 0 Å². The Morgan fingerprint density at radius 2 is 2.25 bits per heavy atom. The van der Waals surface area contributed by atoms with Crippen molar-refractivity contribution < 1.29 is 14.2 Å². The highest BCUT2D eigenvalue weighted by atomic mass is 16.4. The van der Waals surface area contributed by atoms with Crippen LogP contribution in [0.1, 0.15) is 15.2 Å². The molecule has 0 aromatic heterocycles. The second-order valence-corrected chi connectivity index (χ2v) is 2.33. The van der Waals surface area contributed by atoms with Crippen LogP contribution in [0, 0.1) is 18.2 Å². The number of hydrogen-bond donors (Lipinski definition) is 2. The van der Waals surface area contributed by atoms with E-state index in [-0.39, 0.29) is 16.6 Å². The lowest BCUT2D eigenvalue weighted by Gasteiger charge is -2.00. The summed E-state index contributed by atoms with van der Waals surface area (Å²) in [7, 11) is -1.78. The number of hydrogen-bond acceptors (Lipinski definition) is 3. The van der Waals surface area contributed by atoms with Crippen molar-refractivity contribution >= 4 is 12.6 Å². The summed E-state index contributed by atoms with van der Waals surface area (Å²) in [5, 5.41) is 26.4. The quantitative estimate of drug-likeness (QED) is 0.552. The first kappa shape index (κ1) is 5.36. The van der Waals surface area contributed by atoms with Gasteiger partial charge in [-0.25, -0.2) is 0 Å². The van der Waals surface area contributed by atoms with E-state index < -0.39 is 14.0 Å². The van der Waals surface area contributed by atoms with Crippen LogP contribution in [0.3, 0.4) is 0 Å². The van der Waals surface area contributed by atoms with Crippen LogP contribution in [0.2, 0.25) is 0 Å². The van der Waals surface area contributed by atoms with E-state index in [1.807, 2.05) is 0 Å². The zero-order valence-corrected chi connectivity index (χ0v) is 6.15. The first-order valence-electron chi connectivity index (χ1n) is 4.76. The summed E-state index contributed by atoms with van der Waals surface area (Å²) in [6.45, 7) is -2.36. The van der Waals surface area contributed by atoms with Crippen LogP contribution < -0.4 is 5.46 Å². The van der Waals surface area contributed by atoms with Crippen molar-refractivity contribution in [3.8, 4) is 6.07 Å². The minimum atomic E-state index is -2.36. The van der Waals surface area contributed by atoms with Crippen molar-refractivity contribution in [1.29, 1.82) is 5.26 Å². The third kappa shape index (κ3) is 1.85. The molecule has 1 aromatic carbocycles. The van der Waals surface area contributed by atoms with Gasteiger partial charge in [0, 0.05) is 4.11 Å². The molecule has 1 rings (SSSR count). The lowest BCUT2D eigenvalue weighted by molar-refractivity contribution is 0.425. The van der Waals surface area contributed by atoms with Crippen LogP contribution in [-0.4, -0.2) is 17.2 Å². The van der Waals surface area contributed by atoms with Gasteiger partial charge in [0.25, 0.3) is 0 Å². The van der Waals surface area contributed by atoms with Gasteiger partial charge >= 0.3 is 7.12 Å². The first-order chi connectivity index (χ1) is 6.84. The molecule has 0 aliphatic rings. The number of benzene rings is 1. The maximum Gasteiger partial charge on any atom is 0.488 e. The maximum absolute atomic E-state index is 8.90. The van der Waals surface area contributed by atoms with Gasteiger partial charge in [-0.2, -0.15) is 5.26 Å². The van der Waals surface area contributed by atoms with Crippen LogP contribution >= 0.6 is 0 Å². The lowest BCUT2D eigenvalue weighted by atomic mass is 9.79. The number of rotatable bonds is 1. The Bertz CT molecular complexity index is 411. The van der Waals surface area contributed by atoms with E-state index in [1.165, 1.54) is 12.1 Å². The van der Waals surface area contributed by atoms with Crippen LogP contribution in [0.5, 0.6) is 0 Å². The molecule has 12 heavy (non-hydrogen) atoms. The number of aryl methyl sites for hydroxylation is 1. The SMILES string of the molecule is [2H]C([2H])([2H])c1cc(C#N)cc(B(O)O)c1. The molecule has 0 radical (unpaired) electrons. The summed E-state index contributed by atoms with van der Waals surface area (Å²) in [6, 6.07) is 5.36. The molecule has 1 aromatic rings. The zero-order valence-electron chi connectivity index (χ0n) is 9.15. The van der Waals surface area contributed by atoms with Gasteiger partial charge in [0.15, 0.2) is 0 Å². The van der Waals surface area contributed by atoms with Crippen molar-refractivity contribution in [2.45, 2.75) is 6.85 Å². The molecular weight excluding hydrogens is 153 g/mol. The van der Waals surface area contributed by atoms with Gasteiger partial charge in [0.1, 0.15) is 0 Å². The van der Waals surface area contributed by atoms with E-state index in [2.05, 4.69) is 0 Å². The van der Waals surface area contributed by atoms with Crippen LogP contribution in [0.15, 0.2) is 18.2 Å². The van der Waals surface area contributed by atoms with Crippen LogP contribution in [0.4, 0.5) is 0 Å². The zero-order chi connectivity index (χ0) is 11.6. The van der Waals surface area contributed by atoms with Crippen molar-refractivity contribution in [3.63, 3.8) is 0 Å². The molecule has 3 nitrogen and oxygen atoms in total. The van der Waals surface area contributed by atoms with E-state index in [9.17, 15) is 0 Å². The highest BCUT2D eigenvalue weighted by Gasteiger charge is 2.11. The number of nitriles is 1. The molecule has 2 N–H and O–H groups in total. The van der Waals surface area contributed by atoms with E-state index in [0.29, 0.717) is 0 Å². The molecule has 4 heteroatoms. The average Bonchev–Trinajstić information content (AvgIpc) is 2.15. The summed E-state index contributed by atoms with van der Waals surface area (Å²) in [4.78, 5) is 0. The van der Waals surface area contributed by atoms with Gasteiger partial charge in [-0.05, 0) is 24.4 Å².